The van der Waals surface area contributed by atoms with Crippen molar-refractivity contribution in [3.05, 3.63) is 103 Å². The van der Waals surface area contributed by atoms with Gasteiger partial charge in [-0.15, -0.1) is 0 Å². The maximum atomic E-state index is 13.7. The zero-order chi connectivity index (χ0) is 22.1. The first kappa shape index (κ1) is 20.8. The largest absolute Gasteiger partial charge is 0.496 e. The molecule has 1 unspecified atom stereocenters. The van der Waals surface area contributed by atoms with Crippen LogP contribution < -0.4 is 20.8 Å². The Bertz CT molecular complexity index is 1290. The van der Waals surface area contributed by atoms with E-state index in [0.29, 0.717) is 23.6 Å². The van der Waals surface area contributed by atoms with Gasteiger partial charge in [0.15, 0.2) is 0 Å². The Kier molecular flexibility index (Phi) is 5.57. The standard InChI is InChI=1S/C24H20BrN3O3/c1-14-11-20-22(24(29)28(14)13-16-5-3-4-6-19(16)30-2)21(18(12-26)23(27)31-20)15-7-9-17(25)10-8-15/h3-11,21H,13,27H2,1-2H3. The summed E-state index contributed by atoms with van der Waals surface area (Å²) in [7, 11) is 1.60. The van der Waals surface area contributed by atoms with Gasteiger partial charge in [0, 0.05) is 21.8 Å². The number of halogens is 1. The fraction of sp³-hybridized carbons (Fsp3) is 0.167. The molecule has 0 saturated carbocycles. The molecule has 0 saturated heterocycles. The van der Waals surface area contributed by atoms with Gasteiger partial charge in [-0.05, 0) is 30.7 Å². The van der Waals surface area contributed by atoms with E-state index in [-0.39, 0.29) is 17.0 Å². The highest BCUT2D eigenvalue weighted by Gasteiger charge is 2.34. The minimum Gasteiger partial charge on any atom is -0.496 e. The molecule has 31 heavy (non-hydrogen) atoms. The zero-order valence-electron chi connectivity index (χ0n) is 17.1. The molecule has 1 aliphatic heterocycles. The fourth-order valence-corrected chi connectivity index (χ4v) is 4.14. The van der Waals surface area contributed by atoms with Crippen molar-refractivity contribution < 1.29 is 9.47 Å². The van der Waals surface area contributed by atoms with E-state index in [4.69, 9.17) is 15.2 Å². The van der Waals surface area contributed by atoms with Crippen molar-refractivity contribution in [1.82, 2.24) is 4.57 Å². The number of para-hydroxylation sites is 1. The van der Waals surface area contributed by atoms with Crippen molar-refractivity contribution in [2.45, 2.75) is 19.4 Å². The van der Waals surface area contributed by atoms with Crippen LogP contribution in [-0.2, 0) is 6.54 Å². The third-order valence-corrected chi connectivity index (χ3v) is 5.94. The van der Waals surface area contributed by atoms with Crippen molar-refractivity contribution in [1.29, 1.82) is 5.26 Å². The first-order valence-corrected chi connectivity index (χ1v) is 10.4. The lowest BCUT2D eigenvalue weighted by Gasteiger charge is -2.27. The number of aryl methyl sites for hydroxylation is 1. The van der Waals surface area contributed by atoms with Gasteiger partial charge in [-0.3, -0.25) is 4.79 Å². The lowest BCUT2D eigenvalue weighted by atomic mass is 9.84. The summed E-state index contributed by atoms with van der Waals surface area (Å²) in [6, 6.07) is 19.0. The maximum absolute atomic E-state index is 13.7. The molecule has 7 heteroatoms. The molecule has 0 amide bonds. The van der Waals surface area contributed by atoms with Crippen LogP contribution in [0.1, 0.15) is 28.3 Å². The second kappa shape index (κ2) is 8.32. The van der Waals surface area contributed by atoms with Crippen LogP contribution in [0.3, 0.4) is 0 Å². The van der Waals surface area contributed by atoms with E-state index in [0.717, 1.165) is 21.3 Å². The molecule has 0 spiro atoms. The summed E-state index contributed by atoms with van der Waals surface area (Å²) < 4.78 is 13.7. The number of nitrogens with zero attached hydrogens (tertiary/aromatic N) is 2. The molecule has 2 N–H and O–H groups in total. The number of fused-ring (bicyclic) bond motifs is 1. The Morgan fingerprint density at radius 3 is 2.61 bits per heavy atom. The number of aromatic nitrogens is 1. The number of rotatable bonds is 4. The zero-order valence-corrected chi connectivity index (χ0v) is 18.6. The van der Waals surface area contributed by atoms with Crippen molar-refractivity contribution in [2.24, 2.45) is 5.73 Å². The maximum Gasteiger partial charge on any atom is 0.259 e. The molecule has 1 aromatic heterocycles. The van der Waals surface area contributed by atoms with Crippen LogP contribution in [0.5, 0.6) is 11.5 Å². The highest BCUT2D eigenvalue weighted by Crippen LogP contribution is 2.40. The minimum absolute atomic E-state index is 0.0178. The molecule has 2 heterocycles. The summed E-state index contributed by atoms with van der Waals surface area (Å²) in [5, 5.41) is 9.79. The third kappa shape index (κ3) is 3.71. The number of hydrogen-bond acceptors (Lipinski definition) is 5. The second-order valence-electron chi connectivity index (χ2n) is 7.24. The quantitative estimate of drug-likeness (QED) is 0.607. The highest BCUT2D eigenvalue weighted by atomic mass is 79.9. The van der Waals surface area contributed by atoms with Crippen molar-refractivity contribution >= 4 is 15.9 Å². The van der Waals surface area contributed by atoms with Gasteiger partial charge < -0.3 is 19.8 Å². The number of hydrogen-bond donors (Lipinski definition) is 1. The molecular weight excluding hydrogens is 458 g/mol. The molecule has 0 fully saturated rings. The Labute approximate surface area is 188 Å². The van der Waals surface area contributed by atoms with Crippen LogP contribution >= 0.6 is 15.9 Å². The van der Waals surface area contributed by atoms with E-state index in [1.807, 2.05) is 55.5 Å². The van der Waals surface area contributed by atoms with Gasteiger partial charge in [-0.2, -0.15) is 5.26 Å². The predicted molar refractivity (Wildman–Crippen MR) is 121 cm³/mol. The fourth-order valence-electron chi connectivity index (χ4n) is 3.88. The van der Waals surface area contributed by atoms with Crippen LogP contribution in [0.15, 0.2) is 75.3 Å². The SMILES string of the molecule is COc1ccccc1Cn1c(C)cc2c(c1=O)C(c1ccc(Br)cc1)C(C#N)=C(N)O2. The topological polar surface area (TPSA) is 90.3 Å². The third-order valence-electron chi connectivity index (χ3n) is 5.41. The van der Waals surface area contributed by atoms with Gasteiger partial charge in [0.25, 0.3) is 5.56 Å². The summed E-state index contributed by atoms with van der Waals surface area (Å²) in [6.45, 7) is 2.17. The number of methoxy groups -OCH3 is 1. The van der Waals surface area contributed by atoms with Gasteiger partial charge in [-0.1, -0.05) is 46.3 Å². The monoisotopic (exact) mass is 477 g/mol. The average Bonchev–Trinajstić information content (AvgIpc) is 2.76. The first-order valence-electron chi connectivity index (χ1n) is 9.64. The number of ether oxygens (including phenoxy) is 2. The number of nitriles is 1. The Morgan fingerprint density at radius 1 is 1.23 bits per heavy atom. The molecule has 2 aromatic carbocycles. The lowest BCUT2D eigenvalue weighted by molar-refractivity contribution is 0.388. The molecule has 0 bridgehead atoms. The molecule has 156 valence electrons. The molecule has 3 aromatic rings. The number of allylic oxidation sites excluding steroid dienone is 1. The lowest BCUT2D eigenvalue weighted by Crippen LogP contribution is -2.33. The molecule has 0 aliphatic carbocycles. The smallest absolute Gasteiger partial charge is 0.259 e. The van der Waals surface area contributed by atoms with Crippen LogP contribution in [-0.4, -0.2) is 11.7 Å². The molecule has 4 rings (SSSR count). The van der Waals surface area contributed by atoms with Gasteiger partial charge in [-0.25, -0.2) is 0 Å². The average molecular weight is 478 g/mol. The first-order chi connectivity index (χ1) is 14.9. The van der Waals surface area contributed by atoms with Crippen molar-refractivity contribution in [3.63, 3.8) is 0 Å². The second-order valence-corrected chi connectivity index (χ2v) is 8.16. The molecular formula is C24H20BrN3O3. The minimum atomic E-state index is -0.612. The molecule has 0 radical (unpaired) electrons. The van der Waals surface area contributed by atoms with E-state index in [1.54, 1.807) is 17.7 Å². The number of nitrogens with two attached hydrogens (primary N) is 1. The van der Waals surface area contributed by atoms with E-state index in [1.165, 1.54) is 0 Å². The highest BCUT2D eigenvalue weighted by molar-refractivity contribution is 9.10. The predicted octanol–water partition coefficient (Wildman–Crippen LogP) is 4.19. The van der Waals surface area contributed by atoms with Crippen LogP contribution in [0.4, 0.5) is 0 Å². The van der Waals surface area contributed by atoms with Crippen molar-refractivity contribution in [3.8, 4) is 17.6 Å². The summed E-state index contributed by atoms with van der Waals surface area (Å²) in [4.78, 5) is 13.7. The Hall–Kier alpha value is -3.50. The normalized spacial score (nSPS) is 15.1. The Balaban J connectivity index is 1.92. The van der Waals surface area contributed by atoms with E-state index in [2.05, 4.69) is 22.0 Å². The summed E-state index contributed by atoms with van der Waals surface area (Å²) in [5.74, 6) is 0.486. The van der Waals surface area contributed by atoms with E-state index < -0.39 is 5.92 Å². The summed E-state index contributed by atoms with van der Waals surface area (Å²) in [5.41, 5.74) is 8.84. The van der Waals surface area contributed by atoms with Gasteiger partial charge in [0.2, 0.25) is 5.88 Å². The van der Waals surface area contributed by atoms with Crippen LogP contribution in [0.25, 0.3) is 0 Å². The summed E-state index contributed by atoms with van der Waals surface area (Å²) in [6.07, 6.45) is 0. The van der Waals surface area contributed by atoms with Crippen molar-refractivity contribution in [2.75, 3.05) is 7.11 Å². The van der Waals surface area contributed by atoms with E-state index >= 15 is 0 Å². The number of pyridine rings is 1. The van der Waals surface area contributed by atoms with Gasteiger partial charge in [0.1, 0.15) is 23.1 Å². The van der Waals surface area contributed by atoms with Gasteiger partial charge in [0.05, 0.1) is 25.1 Å². The van der Waals surface area contributed by atoms with Crippen LogP contribution in [0.2, 0.25) is 0 Å². The summed E-state index contributed by atoms with van der Waals surface area (Å²) >= 11 is 3.43. The molecule has 1 atom stereocenters. The van der Waals surface area contributed by atoms with E-state index in [9.17, 15) is 10.1 Å². The number of benzene rings is 2. The molecule has 6 nitrogen and oxygen atoms in total. The van der Waals surface area contributed by atoms with Gasteiger partial charge >= 0.3 is 0 Å². The van der Waals surface area contributed by atoms with Crippen LogP contribution in [0, 0.1) is 18.3 Å². The Morgan fingerprint density at radius 2 is 1.94 bits per heavy atom. The molecule has 1 aliphatic rings.